The van der Waals surface area contributed by atoms with E-state index >= 15 is 0 Å². The van der Waals surface area contributed by atoms with Crippen LogP contribution >= 0.6 is 23.2 Å². The maximum Gasteiger partial charge on any atom is 0.244 e. The number of hydrogen-bond donors (Lipinski definition) is 0. The molecule has 6 nitrogen and oxygen atoms in total. The summed E-state index contributed by atoms with van der Waals surface area (Å²) in [5.74, 6) is 0.690. The molecule has 0 aliphatic carbocycles. The maximum atomic E-state index is 13.4. The van der Waals surface area contributed by atoms with Gasteiger partial charge in [0.1, 0.15) is 10.6 Å². The van der Waals surface area contributed by atoms with Crippen molar-refractivity contribution in [3.63, 3.8) is 0 Å². The van der Waals surface area contributed by atoms with Crippen molar-refractivity contribution < 1.29 is 17.9 Å². The number of ether oxygens (including phenoxy) is 1. The van der Waals surface area contributed by atoms with Gasteiger partial charge in [0.2, 0.25) is 15.9 Å². The average Bonchev–Trinajstić information content (AvgIpc) is 3.30. The monoisotopic (exact) mass is 496 g/mol. The lowest BCUT2D eigenvalue weighted by molar-refractivity contribution is -0.137. The number of benzene rings is 2. The van der Waals surface area contributed by atoms with Crippen LogP contribution in [0.15, 0.2) is 47.4 Å². The fraction of sp³-hybridized carbons (Fsp3) is 0.435. The number of carbonyl (C=O) groups is 1. The molecule has 2 saturated heterocycles. The lowest BCUT2D eigenvalue weighted by Gasteiger charge is -2.34. The van der Waals surface area contributed by atoms with Crippen LogP contribution in [0.3, 0.4) is 0 Å². The van der Waals surface area contributed by atoms with Crippen molar-refractivity contribution in [1.82, 2.24) is 9.21 Å². The van der Waals surface area contributed by atoms with E-state index in [1.54, 1.807) is 13.2 Å². The van der Waals surface area contributed by atoms with Crippen LogP contribution < -0.4 is 4.74 Å². The molecular weight excluding hydrogens is 471 g/mol. The fourth-order valence-corrected chi connectivity index (χ4v) is 6.82. The average molecular weight is 497 g/mol. The number of piperidine rings is 1. The van der Waals surface area contributed by atoms with Crippen LogP contribution in [0.4, 0.5) is 0 Å². The lowest BCUT2D eigenvalue weighted by atomic mass is 9.95. The summed E-state index contributed by atoms with van der Waals surface area (Å²) in [7, 11) is -2.13. The quantitative estimate of drug-likeness (QED) is 0.597. The molecule has 0 bridgehead atoms. The van der Waals surface area contributed by atoms with E-state index in [0.717, 1.165) is 30.7 Å². The molecule has 0 radical (unpaired) electrons. The molecule has 172 valence electrons. The fourth-order valence-electron chi connectivity index (χ4n) is 4.62. The van der Waals surface area contributed by atoms with Crippen molar-refractivity contribution in [2.75, 3.05) is 26.7 Å². The molecule has 0 unspecified atom stereocenters. The second-order valence-corrected chi connectivity index (χ2v) is 11.0. The number of nitrogens with zero attached hydrogens (tertiary/aromatic N) is 2. The second kappa shape index (κ2) is 9.59. The van der Waals surface area contributed by atoms with E-state index < -0.39 is 10.0 Å². The number of methoxy groups -OCH3 is 1. The van der Waals surface area contributed by atoms with Crippen LogP contribution in [0.25, 0.3) is 0 Å². The first kappa shape index (κ1) is 23.4. The normalized spacial score (nSPS) is 20.5. The summed E-state index contributed by atoms with van der Waals surface area (Å²) < 4.78 is 32.9. The Hall–Kier alpha value is -1.80. The minimum atomic E-state index is -3.77. The Bertz CT molecular complexity index is 1100. The molecule has 2 fully saturated rings. The smallest absolute Gasteiger partial charge is 0.244 e. The van der Waals surface area contributed by atoms with Crippen molar-refractivity contribution in [3.05, 3.63) is 58.1 Å². The highest BCUT2D eigenvalue weighted by molar-refractivity contribution is 7.89. The second-order valence-electron chi connectivity index (χ2n) is 8.22. The highest BCUT2D eigenvalue weighted by atomic mass is 35.5. The molecule has 0 saturated carbocycles. The summed E-state index contributed by atoms with van der Waals surface area (Å²) in [6.45, 7) is 1.27. The van der Waals surface area contributed by atoms with Gasteiger partial charge in [0.15, 0.2) is 0 Å². The van der Waals surface area contributed by atoms with Crippen LogP contribution in [-0.2, 0) is 14.8 Å². The molecule has 9 heteroatoms. The van der Waals surface area contributed by atoms with Gasteiger partial charge in [-0.05, 0) is 61.6 Å². The van der Waals surface area contributed by atoms with Crippen molar-refractivity contribution in [1.29, 1.82) is 0 Å². The highest BCUT2D eigenvalue weighted by Crippen LogP contribution is 2.37. The van der Waals surface area contributed by atoms with Gasteiger partial charge < -0.3 is 9.64 Å². The summed E-state index contributed by atoms with van der Waals surface area (Å²) in [6.07, 6.45) is 2.84. The van der Waals surface area contributed by atoms with Crippen LogP contribution in [0, 0.1) is 5.92 Å². The Labute approximate surface area is 199 Å². The van der Waals surface area contributed by atoms with Gasteiger partial charge in [0.05, 0.1) is 18.2 Å². The molecule has 0 spiro atoms. The van der Waals surface area contributed by atoms with Gasteiger partial charge in [-0.1, -0.05) is 35.3 Å². The van der Waals surface area contributed by atoms with Gasteiger partial charge in [-0.25, -0.2) is 8.42 Å². The SMILES string of the molecule is COc1cccc([C@@H]2CCCN2C(=O)C2CCN(S(=O)(=O)c3cc(Cl)ccc3Cl)CC2)c1. The molecule has 1 amide bonds. The van der Waals surface area contributed by atoms with Gasteiger partial charge in [-0.2, -0.15) is 4.31 Å². The van der Waals surface area contributed by atoms with Gasteiger partial charge in [-0.15, -0.1) is 0 Å². The maximum absolute atomic E-state index is 13.4. The van der Waals surface area contributed by atoms with E-state index in [-0.39, 0.29) is 40.9 Å². The molecule has 2 aromatic rings. The molecule has 0 N–H and O–H groups in total. The van der Waals surface area contributed by atoms with Gasteiger partial charge in [0, 0.05) is 30.6 Å². The standard InChI is InChI=1S/C23H26Cl2N2O4S/c1-31-19-5-2-4-17(14-19)21-6-3-11-27(21)23(28)16-9-12-26(13-10-16)32(29,30)22-15-18(24)7-8-20(22)25/h2,4-5,7-8,14-16,21H,3,6,9-13H2,1H3/t21-/m0/s1. The number of likely N-dealkylation sites (tertiary alicyclic amines) is 1. The van der Waals surface area contributed by atoms with Crippen LogP contribution in [0.2, 0.25) is 10.0 Å². The Morgan fingerprint density at radius 3 is 2.50 bits per heavy atom. The molecular formula is C23H26Cl2N2O4S. The zero-order chi connectivity index (χ0) is 22.9. The van der Waals surface area contributed by atoms with E-state index in [4.69, 9.17) is 27.9 Å². The van der Waals surface area contributed by atoms with Crippen molar-refractivity contribution in [3.8, 4) is 5.75 Å². The number of halogens is 2. The topological polar surface area (TPSA) is 66.9 Å². The van der Waals surface area contributed by atoms with Crippen molar-refractivity contribution >= 4 is 39.1 Å². The number of amides is 1. The molecule has 2 aromatic carbocycles. The van der Waals surface area contributed by atoms with Crippen LogP contribution in [0.5, 0.6) is 5.75 Å². The lowest BCUT2D eigenvalue weighted by Crippen LogP contribution is -2.44. The Morgan fingerprint density at radius 2 is 1.78 bits per heavy atom. The number of carbonyl (C=O) groups excluding carboxylic acids is 1. The zero-order valence-electron chi connectivity index (χ0n) is 17.8. The van der Waals surface area contributed by atoms with Gasteiger partial charge in [0.25, 0.3) is 0 Å². The first-order valence-corrected chi connectivity index (χ1v) is 12.9. The summed E-state index contributed by atoms with van der Waals surface area (Å²) >= 11 is 12.1. The van der Waals surface area contributed by atoms with Gasteiger partial charge in [-0.3, -0.25) is 4.79 Å². The molecule has 1 atom stereocenters. The third-order valence-corrected chi connectivity index (χ3v) is 8.94. The first-order chi connectivity index (χ1) is 15.3. The molecule has 0 aromatic heterocycles. The van der Waals surface area contributed by atoms with Gasteiger partial charge >= 0.3 is 0 Å². The predicted molar refractivity (Wildman–Crippen MR) is 125 cm³/mol. The third kappa shape index (κ3) is 4.62. The molecule has 2 heterocycles. The van der Waals surface area contributed by atoms with E-state index in [2.05, 4.69) is 0 Å². The Balaban J connectivity index is 1.44. The number of sulfonamides is 1. The van der Waals surface area contributed by atoms with E-state index in [0.29, 0.717) is 17.9 Å². The predicted octanol–water partition coefficient (Wildman–Crippen LogP) is 4.77. The third-order valence-electron chi connectivity index (χ3n) is 6.33. The summed E-state index contributed by atoms with van der Waals surface area (Å²) in [6, 6.07) is 12.3. The Kier molecular flexibility index (Phi) is 7.00. The Morgan fingerprint density at radius 1 is 1.03 bits per heavy atom. The molecule has 2 aliphatic heterocycles. The number of hydrogen-bond acceptors (Lipinski definition) is 4. The van der Waals surface area contributed by atoms with E-state index in [1.165, 1.54) is 16.4 Å². The van der Waals surface area contributed by atoms with Crippen LogP contribution in [-0.4, -0.2) is 50.3 Å². The highest BCUT2D eigenvalue weighted by Gasteiger charge is 2.38. The van der Waals surface area contributed by atoms with E-state index in [1.807, 2.05) is 29.2 Å². The molecule has 2 aliphatic rings. The first-order valence-electron chi connectivity index (χ1n) is 10.7. The largest absolute Gasteiger partial charge is 0.497 e. The van der Waals surface area contributed by atoms with Crippen molar-refractivity contribution in [2.24, 2.45) is 5.92 Å². The van der Waals surface area contributed by atoms with E-state index in [9.17, 15) is 13.2 Å². The number of rotatable bonds is 5. The zero-order valence-corrected chi connectivity index (χ0v) is 20.2. The minimum absolute atomic E-state index is 0.00840. The molecule has 4 rings (SSSR count). The van der Waals surface area contributed by atoms with Crippen molar-refractivity contribution in [2.45, 2.75) is 36.6 Å². The summed E-state index contributed by atoms with van der Waals surface area (Å²) in [4.78, 5) is 15.3. The minimum Gasteiger partial charge on any atom is -0.497 e. The molecule has 32 heavy (non-hydrogen) atoms. The summed E-state index contributed by atoms with van der Waals surface area (Å²) in [5, 5.41) is 0.460. The van der Waals surface area contributed by atoms with Crippen LogP contribution in [0.1, 0.15) is 37.3 Å². The summed E-state index contributed by atoms with van der Waals surface area (Å²) in [5.41, 5.74) is 1.07.